The summed E-state index contributed by atoms with van der Waals surface area (Å²) in [5, 5.41) is 14.9. The first-order valence-electron chi connectivity index (χ1n) is 20.8. The molecule has 2 nitrogen and oxygen atoms in total. The third kappa shape index (κ3) is 5.41. The predicted octanol–water partition coefficient (Wildman–Crippen LogP) is 17.4. The topological polar surface area (TPSA) is 16.4 Å². The molecule has 13 aromatic rings. The molecule has 11 aromatic carbocycles. The van der Waals surface area contributed by atoms with Crippen molar-refractivity contribution < 1.29 is 4.42 Å². The molecule has 0 radical (unpaired) electrons. The van der Waals surface area contributed by atoms with Crippen LogP contribution < -0.4 is 4.90 Å². The number of thiophene rings is 1. The summed E-state index contributed by atoms with van der Waals surface area (Å²) in [6.07, 6.45) is 0. The Bertz CT molecular complexity index is 3890. The first-order valence-corrected chi connectivity index (χ1v) is 21.6. The molecule has 0 unspecified atom stereocenters. The molecular formula is C58H35NOS. The first-order chi connectivity index (χ1) is 30.2. The normalized spacial score (nSPS) is 11.9. The molecule has 0 amide bonds. The Labute approximate surface area is 355 Å². The van der Waals surface area contributed by atoms with E-state index in [0.29, 0.717) is 0 Å². The Morgan fingerprint density at radius 3 is 1.75 bits per heavy atom. The zero-order chi connectivity index (χ0) is 40.0. The molecule has 0 aliphatic rings. The van der Waals surface area contributed by atoms with E-state index in [0.717, 1.165) is 39.0 Å². The van der Waals surface area contributed by atoms with Gasteiger partial charge < -0.3 is 9.32 Å². The van der Waals surface area contributed by atoms with E-state index >= 15 is 0 Å². The van der Waals surface area contributed by atoms with E-state index in [2.05, 4.69) is 217 Å². The molecule has 2 heterocycles. The summed E-state index contributed by atoms with van der Waals surface area (Å²) in [6.45, 7) is 0. The fourth-order valence-corrected chi connectivity index (χ4v) is 11.0. The third-order valence-corrected chi connectivity index (χ3v) is 13.8. The Hall–Kier alpha value is -7.72. The van der Waals surface area contributed by atoms with E-state index in [9.17, 15) is 0 Å². The van der Waals surface area contributed by atoms with Crippen molar-refractivity contribution in [3.8, 4) is 22.3 Å². The largest absolute Gasteiger partial charge is 0.456 e. The maximum atomic E-state index is 6.45. The van der Waals surface area contributed by atoms with Crippen LogP contribution in [0.5, 0.6) is 0 Å². The summed E-state index contributed by atoms with van der Waals surface area (Å²) in [5.74, 6) is 0. The van der Waals surface area contributed by atoms with Gasteiger partial charge in [-0.15, -0.1) is 11.3 Å². The molecule has 0 aliphatic carbocycles. The molecule has 0 atom stereocenters. The number of anilines is 3. The van der Waals surface area contributed by atoms with E-state index in [-0.39, 0.29) is 0 Å². The van der Waals surface area contributed by atoms with Gasteiger partial charge in [0.15, 0.2) is 0 Å². The van der Waals surface area contributed by atoms with Gasteiger partial charge >= 0.3 is 0 Å². The van der Waals surface area contributed by atoms with E-state index in [1.54, 1.807) is 0 Å². The van der Waals surface area contributed by atoms with Crippen molar-refractivity contribution in [2.45, 2.75) is 0 Å². The second-order valence-corrected chi connectivity index (χ2v) is 17.1. The fourth-order valence-electron chi connectivity index (χ4n) is 9.73. The van der Waals surface area contributed by atoms with Crippen molar-refractivity contribution in [1.29, 1.82) is 0 Å². The van der Waals surface area contributed by atoms with Crippen LogP contribution in [0, 0.1) is 0 Å². The Morgan fingerprint density at radius 2 is 0.918 bits per heavy atom. The van der Waals surface area contributed by atoms with Gasteiger partial charge in [-0.1, -0.05) is 152 Å². The van der Waals surface area contributed by atoms with Crippen LogP contribution in [0.15, 0.2) is 217 Å². The molecule has 2 aromatic heterocycles. The third-order valence-electron chi connectivity index (χ3n) is 12.6. The van der Waals surface area contributed by atoms with Crippen LogP contribution in [0.2, 0.25) is 0 Å². The SMILES string of the molecule is c1cc(-c2ccc(N(c3ccc4c(ccc5ccccc54)c3)c3ccc4oc5ccc6ccccc6c5c4c3)cc2)cc(-c2cccc3c2sc2ccc4ccccc4c23)c1. The zero-order valence-corrected chi connectivity index (χ0v) is 33.8. The van der Waals surface area contributed by atoms with Gasteiger partial charge in [-0.05, 0) is 126 Å². The summed E-state index contributed by atoms with van der Waals surface area (Å²) >= 11 is 1.89. The minimum Gasteiger partial charge on any atom is -0.456 e. The number of rotatable bonds is 5. The molecule has 0 saturated carbocycles. The number of hydrogen-bond donors (Lipinski definition) is 0. The monoisotopic (exact) mass is 793 g/mol. The van der Waals surface area contributed by atoms with Crippen LogP contribution in [0.3, 0.4) is 0 Å². The Morgan fingerprint density at radius 1 is 0.328 bits per heavy atom. The van der Waals surface area contributed by atoms with E-state index < -0.39 is 0 Å². The van der Waals surface area contributed by atoms with Crippen molar-refractivity contribution in [2.24, 2.45) is 0 Å². The summed E-state index contributed by atoms with van der Waals surface area (Å²) in [4.78, 5) is 2.38. The number of hydrogen-bond acceptors (Lipinski definition) is 3. The highest BCUT2D eigenvalue weighted by Gasteiger charge is 2.19. The lowest BCUT2D eigenvalue weighted by Crippen LogP contribution is -2.09. The molecule has 284 valence electrons. The zero-order valence-electron chi connectivity index (χ0n) is 33.0. The molecule has 0 aliphatic heterocycles. The average molecular weight is 794 g/mol. The quantitative estimate of drug-likeness (QED) is 0.161. The van der Waals surface area contributed by atoms with Crippen molar-refractivity contribution in [3.05, 3.63) is 212 Å². The summed E-state index contributed by atoms with van der Waals surface area (Å²) in [6, 6.07) is 77.5. The van der Waals surface area contributed by atoms with Gasteiger partial charge in [-0.25, -0.2) is 0 Å². The number of furan rings is 1. The maximum Gasteiger partial charge on any atom is 0.136 e. The number of fused-ring (bicyclic) bond motifs is 13. The van der Waals surface area contributed by atoms with Gasteiger partial charge in [-0.3, -0.25) is 0 Å². The highest BCUT2D eigenvalue weighted by Crippen LogP contribution is 2.45. The highest BCUT2D eigenvalue weighted by molar-refractivity contribution is 7.26. The lowest BCUT2D eigenvalue weighted by molar-refractivity contribution is 0.669. The number of benzene rings is 11. The average Bonchev–Trinajstić information content (AvgIpc) is 3.91. The molecule has 3 heteroatoms. The van der Waals surface area contributed by atoms with Crippen LogP contribution in [-0.4, -0.2) is 0 Å². The summed E-state index contributed by atoms with van der Waals surface area (Å²) in [5.41, 5.74) is 9.89. The van der Waals surface area contributed by atoms with E-state index in [1.165, 1.54) is 85.5 Å². The minimum atomic E-state index is 0.884. The lowest BCUT2D eigenvalue weighted by Gasteiger charge is -2.26. The Balaban J connectivity index is 0.937. The molecule has 61 heavy (non-hydrogen) atoms. The molecular weight excluding hydrogens is 759 g/mol. The van der Waals surface area contributed by atoms with Gasteiger partial charge in [0, 0.05) is 48.0 Å². The van der Waals surface area contributed by atoms with Crippen molar-refractivity contribution >= 4 is 114 Å². The lowest BCUT2D eigenvalue weighted by atomic mass is 9.97. The van der Waals surface area contributed by atoms with Crippen LogP contribution >= 0.6 is 11.3 Å². The van der Waals surface area contributed by atoms with Crippen LogP contribution in [0.1, 0.15) is 0 Å². The standard InChI is InChI=1S/C58H35NOS/c1-4-14-46-37(9-1)19-20-42-34-44(27-29-47(42)46)59(45-28-31-53-52(35-45)56-48-15-5-2-10-38(48)23-30-54(56)60-53)43-25-21-36(22-26-43)40-12-7-13-41(33-40)50-17-8-18-51-57-49-16-6-3-11-39(49)24-32-55(57)61-58(50)51/h1-35H. The van der Waals surface area contributed by atoms with Crippen molar-refractivity contribution in [2.75, 3.05) is 4.90 Å². The first kappa shape index (κ1) is 34.2. The van der Waals surface area contributed by atoms with E-state index in [1.807, 2.05) is 11.3 Å². The maximum absolute atomic E-state index is 6.45. The second-order valence-electron chi connectivity index (χ2n) is 16.0. The second kappa shape index (κ2) is 13.4. The smallest absolute Gasteiger partial charge is 0.136 e. The molecule has 13 rings (SSSR count). The molecule has 0 spiro atoms. The van der Waals surface area contributed by atoms with E-state index in [4.69, 9.17) is 4.42 Å². The highest BCUT2D eigenvalue weighted by atomic mass is 32.1. The molecule has 0 bridgehead atoms. The fraction of sp³-hybridized carbons (Fsp3) is 0. The van der Waals surface area contributed by atoms with Crippen molar-refractivity contribution in [3.63, 3.8) is 0 Å². The minimum absolute atomic E-state index is 0.884. The molecule has 0 fully saturated rings. The van der Waals surface area contributed by atoms with Gasteiger partial charge in [0.2, 0.25) is 0 Å². The van der Waals surface area contributed by atoms with Gasteiger partial charge in [-0.2, -0.15) is 0 Å². The summed E-state index contributed by atoms with van der Waals surface area (Å²) < 4.78 is 9.10. The van der Waals surface area contributed by atoms with Crippen LogP contribution in [-0.2, 0) is 0 Å². The molecule has 0 saturated heterocycles. The van der Waals surface area contributed by atoms with Gasteiger partial charge in [0.05, 0.1) is 0 Å². The van der Waals surface area contributed by atoms with Gasteiger partial charge in [0.25, 0.3) is 0 Å². The molecule has 0 N–H and O–H groups in total. The van der Waals surface area contributed by atoms with Crippen LogP contribution in [0.4, 0.5) is 17.1 Å². The van der Waals surface area contributed by atoms with Crippen LogP contribution in [0.25, 0.3) is 107 Å². The van der Waals surface area contributed by atoms with Gasteiger partial charge in [0.1, 0.15) is 11.2 Å². The predicted molar refractivity (Wildman–Crippen MR) is 262 cm³/mol. The number of nitrogens with zero attached hydrogens (tertiary/aromatic N) is 1. The van der Waals surface area contributed by atoms with Crippen molar-refractivity contribution in [1.82, 2.24) is 0 Å². The Kier molecular flexibility index (Phi) is 7.51. The summed E-state index contributed by atoms with van der Waals surface area (Å²) in [7, 11) is 0.